The maximum Gasteiger partial charge on any atom is 0.0449 e. The van der Waals surface area contributed by atoms with E-state index in [2.05, 4.69) is 83.1 Å². The maximum absolute atomic E-state index is 3.63. The molecule has 0 bridgehead atoms. The van der Waals surface area contributed by atoms with Gasteiger partial charge in [0.1, 0.15) is 0 Å². The fourth-order valence-corrected chi connectivity index (χ4v) is 2.61. The second-order valence-electron chi connectivity index (χ2n) is 6.86. The second kappa shape index (κ2) is 8.55. The SMILES string of the molecule is CCNC(CN(C)C(C)C(C)C)c1ccc(C(C)C)cc1. The zero-order valence-corrected chi connectivity index (χ0v) is 15.0. The Morgan fingerprint density at radius 1 is 0.952 bits per heavy atom. The zero-order chi connectivity index (χ0) is 16.0. The van der Waals surface area contributed by atoms with Gasteiger partial charge in [-0.05, 0) is 43.5 Å². The van der Waals surface area contributed by atoms with Gasteiger partial charge < -0.3 is 10.2 Å². The Morgan fingerprint density at radius 3 is 1.90 bits per heavy atom. The molecule has 0 radical (unpaired) electrons. The van der Waals surface area contributed by atoms with Crippen LogP contribution in [0.15, 0.2) is 24.3 Å². The summed E-state index contributed by atoms with van der Waals surface area (Å²) in [6, 6.07) is 10.1. The molecule has 2 nitrogen and oxygen atoms in total. The van der Waals surface area contributed by atoms with Gasteiger partial charge >= 0.3 is 0 Å². The molecule has 1 aromatic rings. The Morgan fingerprint density at radius 2 is 1.48 bits per heavy atom. The molecule has 0 saturated heterocycles. The van der Waals surface area contributed by atoms with Crippen molar-refractivity contribution in [3.63, 3.8) is 0 Å². The minimum absolute atomic E-state index is 0.405. The van der Waals surface area contributed by atoms with E-state index in [-0.39, 0.29) is 0 Å². The molecule has 2 heteroatoms. The number of nitrogens with one attached hydrogen (secondary N) is 1. The average Bonchev–Trinajstić information content (AvgIpc) is 2.45. The van der Waals surface area contributed by atoms with Crippen LogP contribution in [0.1, 0.15) is 64.6 Å². The lowest BCUT2D eigenvalue weighted by molar-refractivity contribution is 0.188. The van der Waals surface area contributed by atoms with Gasteiger partial charge in [-0.3, -0.25) is 0 Å². The summed E-state index contributed by atoms with van der Waals surface area (Å²) in [4.78, 5) is 2.47. The lowest BCUT2D eigenvalue weighted by Crippen LogP contribution is -2.40. The summed E-state index contributed by atoms with van der Waals surface area (Å²) >= 11 is 0. The Kier molecular flexibility index (Phi) is 7.41. The molecular formula is C19H34N2. The predicted octanol–water partition coefficient (Wildman–Crippen LogP) is 4.44. The van der Waals surface area contributed by atoms with Gasteiger partial charge in [-0.1, -0.05) is 58.9 Å². The monoisotopic (exact) mass is 290 g/mol. The molecule has 0 saturated carbocycles. The number of likely N-dealkylation sites (N-methyl/N-ethyl adjacent to an activating group) is 2. The van der Waals surface area contributed by atoms with Crippen molar-refractivity contribution < 1.29 is 0 Å². The first kappa shape index (κ1) is 18.2. The molecule has 2 unspecified atom stereocenters. The molecule has 120 valence electrons. The highest BCUT2D eigenvalue weighted by Crippen LogP contribution is 2.20. The minimum Gasteiger partial charge on any atom is -0.309 e. The van der Waals surface area contributed by atoms with Crippen molar-refractivity contribution in [2.75, 3.05) is 20.1 Å². The van der Waals surface area contributed by atoms with Crippen LogP contribution in [0.25, 0.3) is 0 Å². The van der Waals surface area contributed by atoms with E-state index < -0.39 is 0 Å². The first-order valence-electron chi connectivity index (χ1n) is 8.40. The fourth-order valence-electron chi connectivity index (χ4n) is 2.61. The van der Waals surface area contributed by atoms with Crippen LogP contribution in [-0.2, 0) is 0 Å². The van der Waals surface area contributed by atoms with Gasteiger partial charge in [0, 0.05) is 18.6 Å². The molecule has 0 fully saturated rings. The van der Waals surface area contributed by atoms with E-state index in [0.29, 0.717) is 23.9 Å². The number of benzene rings is 1. The van der Waals surface area contributed by atoms with Crippen LogP contribution >= 0.6 is 0 Å². The van der Waals surface area contributed by atoms with E-state index in [0.717, 1.165) is 13.1 Å². The van der Waals surface area contributed by atoms with Gasteiger partial charge in [-0.25, -0.2) is 0 Å². The van der Waals surface area contributed by atoms with Crippen LogP contribution in [0.5, 0.6) is 0 Å². The van der Waals surface area contributed by atoms with E-state index in [1.807, 2.05) is 0 Å². The highest BCUT2D eigenvalue weighted by Gasteiger charge is 2.18. The van der Waals surface area contributed by atoms with Gasteiger partial charge in [0.05, 0.1) is 0 Å². The Hall–Kier alpha value is -0.860. The molecule has 0 aliphatic rings. The Labute approximate surface area is 131 Å². The molecule has 2 atom stereocenters. The van der Waals surface area contributed by atoms with Gasteiger partial charge in [0.2, 0.25) is 0 Å². The van der Waals surface area contributed by atoms with Gasteiger partial charge in [-0.2, -0.15) is 0 Å². The molecular weight excluding hydrogens is 256 g/mol. The average molecular weight is 290 g/mol. The molecule has 0 spiro atoms. The third-order valence-electron chi connectivity index (χ3n) is 4.59. The number of hydrogen-bond donors (Lipinski definition) is 1. The molecule has 0 amide bonds. The molecule has 0 aliphatic heterocycles. The molecule has 1 N–H and O–H groups in total. The number of hydrogen-bond acceptors (Lipinski definition) is 2. The Bertz CT molecular complexity index is 395. The molecule has 1 aromatic carbocycles. The van der Waals surface area contributed by atoms with Gasteiger partial charge in [0.25, 0.3) is 0 Å². The quantitative estimate of drug-likeness (QED) is 0.761. The molecule has 0 aromatic heterocycles. The van der Waals surface area contributed by atoms with Crippen molar-refractivity contribution in [3.8, 4) is 0 Å². The first-order chi connectivity index (χ1) is 9.86. The summed E-state index contributed by atoms with van der Waals surface area (Å²) in [7, 11) is 2.23. The summed E-state index contributed by atoms with van der Waals surface area (Å²) in [5, 5.41) is 3.63. The van der Waals surface area contributed by atoms with Crippen molar-refractivity contribution >= 4 is 0 Å². The van der Waals surface area contributed by atoms with Crippen LogP contribution in [-0.4, -0.2) is 31.1 Å². The maximum atomic E-state index is 3.63. The normalized spacial score (nSPS) is 15.0. The van der Waals surface area contributed by atoms with E-state index in [1.165, 1.54) is 11.1 Å². The van der Waals surface area contributed by atoms with E-state index in [1.54, 1.807) is 0 Å². The van der Waals surface area contributed by atoms with Crippen LogP contribution in [0.2, 0.25) is 0 Å². The lowest BCUT2D eigenvalue weighted by atomic mass is 9.98. The van der Waals surface area contributed by atoms with E-state index in [4.69, 9.17) is 0 Å². The Balaban J connectivity index is 2.81. The number of rotatable bonds is 8. The van der Waals surface area contributed by atoms with Gasteiger partial charge in [0.15, 0.2) is 0 Å². The van der Waals surface area contributed by atoms with Crippen molar-refractivity contribution in [2.24, 2.45) is 5.92 Å². The van der Waals surface area contributed by atoms with E-state index in [9.17, 15) is 0 Å². The van der Waals surface area contributed by atoms with Crippen LogP contribution < -0.4 is 5.32 Å². The second-order valence-corrected chi connectivity index (χ2v) is 6.86. The smallest absolute Gasteiger partial charge is 0.0449 e. The number of nitrogens with zero attached hydrogens (tertiary/aromatic N) is 1. The standard InChI is InChI=1S/C19H34N2/c1-8-20-19(13-21(7)16(6)14(2)3)18-11-9-17(10-12-18)15(4)5/h9-12,14-16,19-20H,8,13H2,1-7H3. The van der Waals surface area contributed by atoms with Crippen LogP contribution in [0, 0.1) is 5.92 Å². The van der Waals surface area contributed by atoms with Crippen LogP contribution in [0.4, 0.5) is 0 Å². The van der Waals surface area contributed by atoms with Crippen LogP contribution in [0.3, 0.4) is 0 Å². The van der Waals surface area contributed by atoms with Crippen molar-refractivity contribution in [2.45, 2.75) is 59.5 Å². The predicted molar refractivity (Wildman–Crippen MR) is 93.9 cm³/mol. The topological polar surface area (TPSA) is 15.3 Å². The fraction of sp³-hybridized carbons (Fsp3) is 0.684. The third kappa shape index (κ3) is 5.44. The highest BCUT2D eigenvalue weighted by atomic mass is 15.2. The molecule has 0 aliphatic carbocycles. The molecule has 21 heavy (non-hydrogen) atoms. The third-order valence-corrected chi connectivity index (χ3v) is 4.59. The largest absolute Gasteiger partial charge is 0.309 e. The zero-order valence-electron chi connectivity index (χ0n) is 15.0. The van der Waals surface area contributed by atoms with Crippen molar-refractivity contribution in [1.29, 1.82) is 0 Å². The minimum atomic E-state index is 0.405. The summed E-state index contributed by atoms with van der Waals surface area (Å²) in [6.07, 6.45) is 0. The summed E-state index contributed by atoms with van der Waals surface area (Å²) in [6.45, 7) is 15.6. The molecule has 1 rings (SSSR count). The van der Waals surface area contributed by atoms with Crippen molar-refractivity contribution in [3.05, 3.63) is 35.4 Å². The van der Waals surface area contributed by atoms with E-state index >= 15 is 0 Å². The van der Waals surface area contributed by atoms with Gasteiger partial charge in [-0.15, -0.1) is 0 Å². The van der Waals surface area contributed by atoms with Crippen molar-refractivity contribution in [1.82, 2.24) is 10.2 Å². The highest BCUT2D eigenvalue weighted by molar-refractivity contribution is 5.27. The summed E-state index contributed by atoms with van der Waals surface area (Å²) in [5.41, 5.74) is 2.81. The summed E-state index contributed by atoms with van der Waals surface area (Å²) in [5.74, 6) is 1.28. The molecule has 0 heterocycles. The lowest BCUT2D eigenvalue weighted by Gasteiger charge is -2.32. The first-order valence-corrected chi connectivity index (χ1v) is 8.40. The summed E-state index contributed by atoms with van der Waals surface area (Å²) < 4.78 is 0.